The van der Waals surface area contributed by atoms with Crippen molar-refractivity contribution in [3.63, 3.8) is 0 Å². The molecule has 4 aromatic rings. The molecule has 3 aromatic carbocycles. The Bertz CT molecular complexity index is 1350. The summed E-state index contributed by atoms with van der Waals surface area (Å²) in [5.41, 5.74) is 9.85. The molecule has 2 unspecified atom stereocenters. The first-order valence-electron chi connectivity index (χ1n) is 11.8. The SMILES string of the molecule is Cc1oc(-c2ccccc2NC(=O)c2ccccc2)nc1CNC(=O)C1CC(c2ccccc2)NN1. The molecule has 4 N–H and O–H groups in total. The van der Waals surface area contributed by atoms with Gasteiger partial charge in [-0.2, -0.15) is 0 Å². The van der Waals surface area contributed by atoms with E-state index in [4.69, 9.17) is 4.42 Å². The van der Waals surface area contributed by atoms with Gasteiger partial charge in [0, 0.05) is 11.6 Å². The Kier molecular flexibility index (Phi) is 6.88. The Hall–Kier alpha value is -4.27. The van der Waals surface area contributed by atoms with Crippen molar-refractivity contribution in [3.05, 3.63) is 108 Å². The van der Waals surface area contributed by atoms with Gasteiger partial charge in [-0.1, -0.05) is 60.7 Å². The summed E-state index contributed by atoms with van der Waals surface area (Å²) in [6, 6.07) is 26.1. The lowest BCUT2D eigenvalue weighted by Crippen LogP contribution is -2.43. The maximum absolute atomic E-state index is 12.8. The van der Waals surface area contributed by atoms with Gasteiger partial charge in [0.15, 0.2) is 0 Å². The molecule has 1 aliphatic heterocycles. The molecular formula is C28H27N5O3. The average Bonchev–Trinajstić information content (AvgIpc) is 3.56. The van der Waals surface area contributed by atoms with Gasteiger partial charge in [0.25, 0.3) is 5.91 Å². The van der Waals surface area contributed by atoms with Crippen LogP contribution in [-0.4, -0.2) is 22.8 Å². The zero-order valence-electron chi connectivity index (χ0n) is 19.8. The first-order chi connectivity index (χ1) is 17.6. The van der Waals surface area contributed by atoms with Gasteiger partial charge in [0.2, 0.25) is 11.8 Å². The molecule has 0 bridgehead atoms. The van der Waals surface area contributed by atoms with Gasteiger partial charge in [0.05, 0.1) is 17.8 Å². The maximum Gasteiger partial charge on any atom is 0.255 e. The number of hydrogen-bond acceptors (Lipinski definition) is 6. The predicted octanol–water partition coefficient (Wildman–Crippen LogP) is 4.13. The summed E-state index contributed by atoms with van der Waals surface area (Å²) >= 11 is 0. The van der Waals surface area contributed by atoms with Crippen molar-refractivity contribution in [2.75, 3.05) is 5.32 Å². The highest BCUT2D eigenvalue weighted by atomic mass is 16.4. The van der Waals surface area contributed by atoms with E-state index >= 15 is 0 Å². The number of carbonyl (C=O) groups is 2. The zero-order valence-corrected chi connectivity index (χ0v) is 19.8. The third-order valence-corrected chi connectivity index (χ3v) is 6.19. The minimum absolute atomic E-state index is 0.0740. The van der Waals surface area contributed by atoms with Gasteiger partial charge in [0.1, 0.15) is 17.5 Å². The molecule has 36 heavy (non-hydrogen) atoms. The van der Waals surface area contributed by atoms with Crippen molar-refractivity contribution >= 4 is 17.5 Å². The number of nitrogens with one attached hydrogen (secondary N) is 4. The zero-order chi connectivity index (χ0) is 24.9. The summed E-state index contributed by atoms with van der Waals surface area (Å²) in [5, 5.41) is 5.89. The molecule has 1 aromatic heterocycles. The Balaban J connectivity index is 1.24. The highest BCUT2D eigenvalue weighted by Gasteiger charge is 2.30. The number of aryl methyl sites for hydroxylation is 1. The van der Waals surface area contributed by atoms with E-state index in [1.54, 1.807) is 18.2 Å². The summed E-state index contributed by atoms with van der Waals surface area (Å²) < 4.78 is 5.92. The lowest BCUT2D eigenvalue weighted by atomic mass is 10.0. The second kappa shape index (κ2) is 10.6. The molecule has 5 rings (SSSR count). The predicted molar refractivity (Wildman–Crippen MR) is 137 cm³/mol. The van der Waals surface area contributed by atoms with Gasteiger partial charge in [-0.05, 0) is 43.2 Å². The molecular weight excluding hydrogens is 454 g/mol. The molecule has 182 valence electrons. The van der Waals surface area contributed by atoms with E-state index in [2.05, 4.69) is 26.5 Å². The monoisotopic (exact) mass is 481 g/mol. The van der Waals surface area contributed by atoms with Gasteiger partial charge in [-0.3, -0.25) is 9.59 Å². The van der Waals surface area contributed by atoms with Crippen LogP contribution in [-0.2, 0) is 11.3 Å². The standard InChI is InChI=1S/C28H27N5O3/c1-18-25(17-29-27(35)24-16-23(32-33-24)19-10-4-2-5-11-19)31-28(36-18)21-14-8-9-15-22(21)30-26(34)20-12-6-3-7-13-20/h2-15,23-24,32-33H,16-17H2,1H3,(H,29,35)(H,30,34). The van der Waals surface area contributed by atoms with Crippen LogP contribution in [0.1, 0.15) is 39.8 Å². The van der Waals surface area contributed by atoms with Gasteiger partial charge in [-0.15, -0.1) is 0 Å². The summed E-state index contributed by atoms with van der Waals surface area (Å²) in [4.78, 5) is 30.1. The summed E-state index contributed by atoms with van der Waals surface area (Å²) in [5.74, 6) is 0.658. The summed E-state index contributed by atoms with van der Waals surface area (Å²) in [6.07, 6.45) is 0.646. The van der Waals surface area contributed by atoms with E-state index in [9.17, 15) is 9.59 Å². The van der Waals surface area contributed by atoms with Gasteiger partial charge >= 0.3 is 0 Å². The number of hydrazine groups is 1. The van der Waals surface area contributed by atoms with E-state index in [1.807, 2.05) is 73.7 Å². The molecule has 2 heterocycles. The molecule has 8 nitrogen and oxygen atoms in total. The van der Waals surface area contributed by atoms with Crippen LogP contribution in [0.15, 0.2) is 89.3 Å². The fraction of sp³-hybridized carbons (Fsp3) is 0.179. The van der Waals surface area contributed by atoms with Crippen LogP contribution in [0.3, 0.4) is 0 Å². The highest BCUT2D eigenvalue weighted by molar-refractivity contribution is 6.05. The lowest BCUT2D eigenvalue weighted by Gasteiger charge is -2.10. The molecule has 8 heteroatoms. The second-order valence-electron chi connectivity index (χ2n) is 8.65. The Morgan fingerprint density at radius 2 is 1.64 bits per heavy atom. The van der Waals surface area contributed by atoms with Crippen molar-refractivity contribution in [2.45, 2.75) is 32.0 Å². The van der Waals surface area contributed by atoms with Crippen LogP contribution in [0.5, 0.6) is 0 Å². The molecule has 0 saturated carbocycles. The number of nitrogens with zero attached hydrogens (tertiary/aromatic N) is 1. The van der Waals surface area contributed by atoms with Crippen molar-refractivity contribution in [1.82, 2.24) is 21.2 Å². The number of para-hydroxylation sites is 1. The van der Waals surface area contributed by atoms with Crippen LogP contribution in [0.25, 0.3) is 11.5 Å². The molecule has 1 aliphatic rings. The van der Waals surface area contributed by atoms with Crippen LogP contribution in [0, 0.1) is 6.92 Å². The molecule has 2 atom stereocenters. The Morgan fingerprint density at radius 1 is 0.944 bits per heavy atom. The topological polar surface area (TPSA) is 108 Å². The Labute approximate surface area is 209 Å². The molecule has 1 fully saturated rings. The van der Waals surface area contributed by atoms with Crippen LogP contribution in [0.2, 0.25) is 0 Å². The molecule has 0 aliphatic carbocycles. The van der Waals surface area contributed by atoms with Crippen LogP contribution in [0.4, 0.5) is 5.69 Å². The number of oxazole rings is 1. The number of aromatic nitrogens is 1. The van der Waals surface area contributed by atoms with Crippen LogP contribution >= 0.6 is 0 Å². The van der Waals surface area contributed by atoms with Crippen LogP contribution < -0.4 is 21.5 Å². The number of hydrogen-bond donors (Lipinski definition) is 4. The summed E-state index contributed by atoms with van der Waals surface area (Å²) in [7, 11) is 0. The quantitative estimate of drug-likeness (QED) is 0.316. The van der Waals surface area contributed by atoms with Gasteiger partial charge < -0.3 is 15.1 Å². The fourth-order valence-electron chi connectivity index (χ4n) is 4.20. The van der Waals surface area contributed by atoms with Gasteiger partial charge in [-0.25, -0.2) is 15.8 Å². The van der Waals surface area contributed by atoms with Crippen molar-refractivity contribution in [3.8, 4) is 11.5 Å². The Morgan fingerprint density at radius 3 is 2.42 bits per heavy atom. The van der Waals surface area contributed by atoms with E-state index in [0.29, 0.717) is 40.6 Å². The second-order valence-corrected chi connectivity index (χ2v) is 8.65. The third-order valence-electron chi connectivity index (χ3n) is 6.19. The molecule has 1 saturated heterocycles. The number of anilines is 1. The number of rotatable bonds is 7. The number of carbonyl (C=O) groups excluding carboxylic acids is 2. The average molecular weight is 482 g/mol. The van der Waals surface area contributed by atoms with E-state index in [1.165, 1.54) is 0 Å². The fourth-order valence-corrected chi connectivity index (χ4v) is 4.20. The minimum atomic E-state index is -0.351. The molecule has 0 radical (unpaired) electrons. The molecule has 2 amide bonds. The first-order valence-corrected chi connectivity index (χ1v) is 11.8. The highest BCUT2D eigenvalue weighted by Crippen LogP contribution is 2.29. The third kappa shape index (κ3) is 5.19. The first kappa shape index (κ1) is 23.5. The normalized spacial score (nSPS) is 17.0. The maximum atomic E-state index is 12.8. The van der Waals surface area contributed by atoms with E-state index in [0.717, 1.165) is 5.56 Å². The number of benzene rings is 3. The van der Waals surface area contributed by atoms with Crippen molar-refractivity contribution in [1.29, 1.82) is 0 Å². The summed E-state index contributed by atoms with van der Waals surface area (Å²) in [6.45, 7) is 2.05. The number of amides is 2. The largest absolute Gasteiger partial charge is 0.441 e. The van der Waals surface area contributed by atoms with Crippen molar-refractivity contribution < 1.29 is 14.0 Å². The van der Waals surface area contributed by atoms with Crippen molar-refractivity contribution in [2.24, 2.45) is 0 Å². The lowest BCUT2D eigenvalue weighted by molar-refractivity contribution is -0.123. The molecule has 0 spiro atoms. The van der Waals surface area contributed by atoms with E-state index in [-0.39, 0.29) is 30.4 Å². The minimum Gasteiger partial charge on any atom is -0.441 e. The smallest absolute Gasteiger partial charge is 0.255 e. The van der Waals surface area contributed by atoms with E-state index < -0.39 is 0 Å².